The Kier molecular flexibility index (Phi) is 9.44. The van der Waals surface area contributed by atoms with Crippen LogP contribution in [0.15, 0.2) is 48.5 Å². The zero-order valence-corrected chi connectivity index (χ0v) is 15.0. The molecule has 0 atom stereocenters. The van der Waals surface area contributed by atoms with Crippen LogP contribution in [0.4, 0.5) is 5.69 Å². The Morgan fingerprint density at radius 1 is 0.955 bits per heavy atom. The highest BCUT2D eigenvalue weighted by atomic mass is 32.2. The van der Waals surface area contributed by atoms with Crippen LogP contribution in [0.3, 0.4) is 0 Å². The van der Waals surface area contributed by atoms with Crippen LogP contribution in [-0.4, -0.2) is 12.8 Å². The van der Waals surface area contributed by atoms with Crippen LogP contribution in [0.1, 0.15) is 30.5 Å². The molecule has 2 N–H and O–H groups in total. The Hall–Kier alpha value is -1.45. The van der Waals surface area contributed by atoms with Gasteiger partial charge in [0.2, 0.25) is 0 Å². The maximum absolute atomic E-state index is 3.51. The van der Waals surface area contributed by atoms with Gasteiger partial charge in [-0.2, -0.15) is 0 Å². The quantitative estimate of drug-likeness (QED) is 0.552. The Morgan fingerprint density at radius 2 is 1.68 bits per heavy atom. The number of nitrogens with one attached hydrogen (secondary N) is 2. The number of aryl methyl sites for hydroxylation is 2. The van der Waals surface area contributed by atoms with Crippen LogP contribution in [-0.2, 0) is 13.0 Å². The lowest BCUT2D eigenvalue weighted by Crippen LogP contribution is -2.02. The molecule has 0 saturated heterocycles. The first-order valence-electron chi connectivity index (χ1n) is 7.95. The Labute approximate surface area is 139 Å². The van der Waals surface area contributed by atoms with Gasteiger partial charge in [-0.25, -0.2) is 0 Å². The van der Waals surface area contributed by atoms with E-state index in [2.05, 4.69) is 59.4 Å². The fraction of sp³-hybridized carbons (Fsp3) is 0.368. The summed E-state index contributed by atoms with van der Waals surface area (Å²) in [5, 5.41) is 3.51. The van der Waals surface area contributed by atoms with E-state index >= 15 is 0 Å². The summed E-state index contributed by atoms with van der Waals surface area (Å²) in [6, 6.07) is 17.2. The minimum Gasteiger partial charge on any atom is -0.381 e. The monoisotopic (exact) mass is 316 g/mol. The van der Waals surface area contributed by atoms with E-state index in [-0.39, 0.29) is 0 Å². The second-order valence-corrected chi connectivity index (χ2v) is 5.90. The van der Waals surface area contributed by atoms with Crippen LogP contribution >= 0.6 is 11.9 Å². The molecule has 2 nitrogen and oxygen atoms in total. The van der Waals surface area contributed by atoms with Gasteiger partial charge in [-0.05, 0) is 43.1 Å². The number of benzene rings is 2. The third-order valence-corrected chi connectivity index (χ3v) is 3.95. The van der Waals surface area contributed by atoms with Gasteiger partial charge in [-0.3, -0.25) is 4.72 Å². The van der Waals surface area contributed by atoms with E-state index in [1.807, 2.05) is 27.0 Å². The van der Waals surface area contributed by atoms with Crippen LogP contribution in [0, 0.1) is 6.92 Å². The maximum Gasteiger partial charge on any atom is 0.0400 e. The standard InChI is InChI=1S/C17H22N2S.C2H6/c1-14-12-15(10-11-20-18-2)8-9-17(14)19-13-16-6-4-3-5-7-16;1-2/h3-9,12,18-19H,10-11,13H2,1-2H3;1-2H3. The number of hydrogen-bond acceptors (Lipinski definition) is 3. The van der Waals surface area contributed by atoms with Gasteiger partial charge in [0, 0.05) is 18.0 Å². The summed E-state index contributed by atoms with van der Waals surface area (Å²) in [5.74, 6) is 1.10. The largest absolute Gasteiger partial charge is 0.381 e. The van der Waals surface area contributed by atoms with Crippen LogP contribution < -0.4 is 10.0 Å². The van der Waals surface area contributed by atoms with Gasteiger partial charge in [0.1, 0.15) is 0 Å². The van der Waals surface area contributed by atoms with Crippen LogP contribution in [0.2, 0.25) is 0 Å². The highest BCUT2D eigenvalue weighted by molar-refractivity contribution is 7.97. The van der Waals surface area contributed by atoms with E-state index in [1.165, 1.54) is 22.4 Å². The second kappa shape index (κ2) is 11.2. The molecule has 120 valence electrons. The van der Waals surface area contributed by atoms with Crippen molar-refractivity contribution in [1.29, 1.82) is 0 Å². The molecule has 2 aromatic rings. The van der Waals surface area contributed by atoms with Crippen LogP contribution in [0.5, 0.6) is 0 Å². The third kappa shape index (κ3) is 6.54. The Bertz CT molecular complexity index is 526. The van der Waals surface area contributed by atoms with Crippen molar-refractivity contribution >= 4 is 17.6 Å². The lowest BCUT2D eigenvalue weighted by molar-refractivity contribution is 1.11. The van der Waals surface area contributed by atoms with Gasteiger partial charge < -0.3 is 5.32 Å². The second-order valence-electron chi connectivity index (χ2n) is 4.79. The molecule has 0 aliphatic heterocycles. The summed E-state index contributed by atoms with van der Waals surface area (Å²) < 4.78 is 3.11. The molecule has 3 heteroatoms. The normalized spacial score (nSPS) is 9.82. The molecule has 0 heterocycles. The summed E-state index contributed by atoms with van der Waals surface area (Å²) in [6.07, 6.45) is 1.10. The zero-order valence-electron chi connectivity index (χ0n) is 14.1. The summed E-state index contributed by atoms with van der Waals surface area (Å²) in [7, 11) is 1.96. The Morgan fingerprint density at radius 3 is 2.32 bits per heavy atom. The van der Waals surface area contributed by atoms with Gasteiger partial charge in [-0.15, -0.1) is 0 Å². The van der Waals surface area contributed by atoms with E-state index in [1.54, 1.807) is 11.9 Å². The van der Waals surface area contributed by atoms with Crippen molar-refractivity contribution in [2.75, 3.05) is 18.1 Å². The van der Waals surface area contributed by atoms with Crippen molar-refractivity contribution in [2.45, 2.75) is 33.7 Å². The molecule has 0 unspecified atom stereocenters. The highest BCUT2D eigenvalue weighted by Crippen LogP contribution is 2.18. The van der Waals surface area contributed by atoms with Crippen molar-refractivity contribution in [2.24, 2.45) is 0 Å². The van der Waals surface area contributed by atoms with E-state index in [4.69, 9.17) is 0 Å². The van der Waals surface area contributed by atoms with Gasteiger partial charge in [-0.1, -0.05) is 68.3 Å². The first-order valence-corrected chi connectivity index (χ1v) is 8.94. The fourth-order valence-electron chi connectivity index (χ4n) is 2.14. The van der Waals surface area contributed by atoms with Gasteiger partial charge in [0.25, 0.3) is 0 Å². The minimum absolute atomic E-state index is 0.872. The van der Waals surface area contributed by atoms with E-state index < -0.39 is 0 Å². The lowest BCUT2D eigenvalue weighted by Gasteiger charge is -2.11. The molecule has 2 rings (SSSR count). The summed E-state index contributed by atoms with van der Waals surface area (Å²) in [5.41, 5.74) is 5.24. The van der Waals surface area contributed by atoms with E-state index in [9.17, 15) is 0 Å². The maximum atomic E-state index is 3.51. The van der Waals surface area contributed by atoms with Gasteiger partial charge in [0.05, 0.1) is 0 Å². The number of hydrogen-bond donors (Lipinski definition) is 2. The molecule has 0 radical (unpaired) electrons. The predicted molar refractivity (Wildman–Crippen MR) is 102 cm³/mol. The van der Waals surface area contributed by atoms with E-state index in [0.29, 0.717) is 0 Å². The minimum atomic E-state index is 0.872. The molecule has 0 aliphatic rings. The van der Waals surface area contributed by atoms with Crippen LogP contribution in [0.25, 0.3) is 0 Å². The fourth-order valence-corrected chi connectivity index (χ4v) is 2.69. The van der Waals surface area contributed by atoms with Crippen molar-refractivity contribution < 1.29 is 0 Å². The Balaban J connectivity index is 0.00000116. The molecule has 0 spiro atoms. The van der Waals surface area contributed by atoms with Gasteiger partial charge in [0.15, 0.2) is 0 Å². The molecular formula is C19H28N2S. The molecular weight excluding hydrogens is 288 g/mol. The molecule has 0 fully saturated rings. The molecule has 0 aliphatic carbocycles. The molecule has 0 aromatic heterocycles. The molecule has 22 heavy (non-hydrogen) atoms. The van der Waals surface area contributed by atoms with Crippen molar-refractivity contribution in [3.05, 3.63) is 65.2 Å². The SMILES string of the molecule is CC.CNSCCc1ccc(NCc2ccccc2)c(C)c1. The number of rotatable bonds is 7. The summed E-state index contributed by atoms with van der Waals surface area (Å²) in [4.78, 5) is 0. The first kappa shape index (κ1) is 18.6. The van der Waals surface area contributed by atoms with E-state index in [0.717, 1.165) is 18.7 Å². The predicted octanol–water partition coefficient (Wildman–Crippen LogP) is 5.04. The van der Waals surface area contributed by atoms with Crippen molar-refractivity contribution in [3.8, 4) is 0 Å². The molecule has 2 aromatic carbocycles. The average molecular weight is 317 g/mol. The topological polar surface area (TPSA) is 24.1 Å². The summed E-state index contributed by atoms with van der Waals surface area (Å²) in [6.45, 7) is 7.04. The van der Waals surface area contributed by atoms with Gasteiger partial charge >= 0.3 is 0 Å². The molecule has 0 amide bonds. The van der Waals surface area contributed by atoms with Crippen molar-refractivity contribution in [1.82, 2.24) is 4.72 Å². The lowest BCUT2D eigenvalue weighted by atomic mass is 10.1. The molecule has 0 saturated carbocycles. The zero-order chi connectivity index (χ0) is 16.2. The first-order chi connectivity index (χ1) is 10.8. The number of anilines is 1. The summed E-state index contributed by atoms with van der Waals surface area (Å²) >= 11 is 1.75. The highest BCUT2D eigenvalue weighted by Gasteiger charge is 2.00. The third-order valence-electron chi connectivity index (χ3n) is 3.25. The smallest absolute Gasteiger partial charge is 0.0400 e. The molecule has 0 bridgehead atoms. The average Bonchev–Trinajstić information content (AvgIpc) is 2.57. The van der Waals surface area contributed by atoms with Crippen molar-refractivity contribution in [3.63, 3.8) is 0 Å².